The second-order valence-electron chi connectivity index (χ2n) is 5.78. The molecule has 0 bridgehead atoms. The molecule has 2 heterocycles. The Morgan fingerprint density at radius 2 is 1.75 bits per heavy atom. The van der Waals surface area contributed by atoms with Crippen molar-refractivity contribution in [2.45, 2.75) is 18.9 Å². The third kappa shape index (κ3) is 3.23. The zero-order valence-electron chi connectivity index (χ0n) is 13.1. The SMILES string of the molecule is Cl.Fc1ccc(-n2nc(OC3CCNCC3)c3ccccc32)cc1. The molecule has 0 radical (unpaired) electrons. The summed E-state index contributed by atoms with van der Waals surface area (Å²) in [5, 5.41) is 8.95. The minimum Gasteiger partial charge on any atom is -0.473 e. The Morgan fingerprint density at radius 1 is 1.04 bits per heavy atom. The zero-order valence-corrected chi connectivity index (χ0v) is 13.9. The van der Waals surface area contributed by atoms with Crippen LogP contribution in [0.3, 0.4) is 0 Å². The summed E-state index contributed by atoms with van der Waals surface area (Å²) in [5.74, 6) is 0.396. The minimum atomic E-state index is -0.253. The molecule has 1 N–H and O–H groups in total. The Kier molecular flexibility index (Phi) is 5.02. The van der Waals surface area contributed by atoms with Crippen molar-refractivity contribution in [3.05, 3.63) is 54.3 Å². The number of aromatic nitrogens is 2. The normalized spacial score (nSPS) is 15.2. The number of hydrogen-bond donors (Lipinski definition) is 1. The number of para-hydroxylation sites is 1. The van der Waals surface area contributed by atoms with Gasteiger partial charge in [0.2, 0.25) is 5.88 Å². The summed E-state index contributed by atoms with van der Waals surface area (Å²) in [6, 6.07) is 14.3. The van der Waals surface area contributed by atoms with Crippen molar-refractivity contribution in [2.24, 2.45) is 0 Å². The largest absolute Gasteiger partial charge is 0.473 e. The second kappa shape index (κ2) is 7.20. The Labute approximate surface area is 146 Å². The Bertz CT molecular complexity index is 813. The van der Waals surface area contributed by atoms with Crippen LogP contribution in [0.5, 0.6) is 5.88 Å². The summed E-state index contributed by atoms with van der Waals surface area (Å²) in [5.41, 5.74) is 1.78. The number of benzene rings is 2. The maximum Gasteiger partial charge on any atom is 0.241 e. The molecule has 0 amide bonds. The van der Waals surface area contributed by atoms with Crippen LogP contribution in [0.4, 0.5) is 4.39 Å². The van der Waals surface area contributed by atoms with Crippen molar-refractivity contribution in [1.29, 1.82) is 0 Å². The van der Waals surface area contributed by atoms with Gasteiger partial charge in [-0.3, -0.25) is 0 Å². The number of nitrogens with zero attached hydrogens (tertiary/aromatic N) is 2. The molecule has 1 aliphatic heterocycles. The number of hydrogen-bond acceptors (Lipinski definition) is 3. The topological polar surface area (TPSA) is 39.1 Å². The van der Waals surface area contributed by atoms with E-state index in [1.165, 1.54) is 12.1 Å². The first-order valence-electron chi connectivity index (χ1n) is 7.92. The molecular weight excluding hydrogens is 329 g/mol. The summed E-state index contributed by atoms with van der Waals surface area (Å²) in [7, 11) is 0. The maximum atomic E-state index is 13.2. The Balaban J connectivity index is 0.00000169. The molecule has 1 aliphatic rings. The molecule has 1 saturated heterocycles. The van der Waals surface area contributed by atoms with Gasteiger partial charge in [0.15, 0.2) is 0 Å². The average molecular weight is 348 g/mol. The lowest BCUT2D eigenvalue weighted by Gasteiger charge is -2.22. The molecule has 0 saturated carbocycles. The van der Waals surface area contributed by atoms with Crippen molar-refractivity contribution < 1.29 is 9.13 Å². The molecule has 3 aromatic rings. The fourth-order valence-electron chi connectivity index (χ4n) is 2.98. The minimum absolute atomic E-state index is 0. The van der Waals surface area contributed by atoms with Gasteiger partial charge in [-0.25, -0.2) is 9.07 Å². The van der Waals surface area contributed by atoms with E-state index in [9.17, 15) is 4.39 Å². The van der Waals surface area contributed by atoms with Crippen LogP contribution in [0.25, 0.3) is 16.6 Å². The van der Waals surface area contributed by atoms with Crippen LogP contribution in [0.15, 0.2) is 48.5 Å². The summed E-state index contributed by atoms with van der Waals surface area (Å²) in [6.07, 6.45) is 2.16. The van der Waals surface area contributed by atoms with E-state index in [1.807, 2.05) is 28.9 Å². The van der Waals surface area contributed by atoms with E-state index in [0.717, 1.165) is 42.5 Å². The highest BCUT2D eigenvalue weighted by Crippen LogP contribution is 2.29. The smallest absolute Gasteiger partial charge is 0.241 e. The number of fused-ring (bicyclic) bond motifs is 1. The fourth-order valence-corrected chi connectivity index (χ4v) is 2.98. The van der Waals surface area contributed by atoms with E-state index in [1.54, 1.807) is 12.1 Å². The van der Waals surface area contributed by atoms with Gasteiger partial charge < -0.3 is 10.1 Å². The number of ether oxygens (including phenoxy) is 1. The van der Waals surface area contributed by atoms with E-state index < -0.39 is 0 Å². The molecule has 1 aromatic heterocycles. The maximum absolute atomic E-state index is 13.2. The molecule has 4 nitrogen and oxygen atoms in total. The third-order valence-electron chi connectivity index (χ3n) is 4.19. The molecule has 0 atom stereocenters. The highest BCUT2D eigenvalue weighted by atomic mass is 35.5. The van der Waals surface area contributed by atoms with Gasteiger partial charge >= 0.3 is 0 Å². The van der Waals surface area contributed by atoms with Gasteiger partial charge in [0.1, 0.15) is 11.9 Å². The number of nitrogens with one attached hydrogen (secondary N) is 1. The third-order valence-corrected chi connectivity index (χ3v) is 4.19. The first kappa shape index (κ1) is 16.7. The molecule has 2 aromatic carbocycles. The van der Waals surface area contributed by atoms with E-state index in [2.05, 4.69) is 10.4 Å². The summed E-state index contributed by atoms with van der Waals surface area (Å²) >= 11 is 0. The van der Waals surface area contributed by atoms with Crippen LogP contribution < -0.4 is 10.1 Å². The first-order chi connectivity index (χ1) is 11.3. The highest BCUT2D eigenvalue weighted by Gasteiger charge is 2.19. The first-order valence-corrected chi connectivity index (χ1v) is 7.92. The predicted octanol–water partition coefficient (Wildman–Crippen LogP) is 3.72. The van der Waals surface area contributed by atoms with Crippen LogP contribution in [0.2, 0.25) is 0 Å². The number of halogens is 2. The summed E-state index contributed by atoms with van der Waals surface area (Å²) in [6.45, 7) is 1.95. The van der Waals surface area contributed by atoms with E-state index >= 15 is 0 Å². The van der Waals surface area contributed by atoms with Gasteiger partial charge in [0.05, 0.1) is 16.6 Å². The molecule has 0 unspecified atom stereocenters. The lowest BCUT2D eigenvalue weighted by atomic mass is 10.1. The molecule has 126 valence electrons. The Morgan fingerprint density at radius 3 is 2.50 bits per heavy atom. The van der Waals surface area contributed by atoms with E-state index in [-0.39, 0.29) is 24.3 Å². The van der Waals surface area contributed by atoms with Crippen molar-refractivity contribution in [2.75, 3.05) is 13.1 Å². The van der Waals surface area contributed by atoms with Crippen LogP contribution in [0.1, 0.15) is 12.8 Å². The van der Waals surface area contributed by atoms with Crippen LogP contribution in [0, 0.1) is 5.82 Å². The molecule has 1 fully saturated rings. The van der Waals surface area contributed by atoms with Crippen LogP contribution in [-0.2, 0) is 0 Å². The number of rotatable bonds is 3. The lowest BCUT2D eigenvalue weighted by molar-refractivity contribution is 0.157. The summed E-state index contributed by atoms with van der Waals surface area (Å²) < 4.78 is 21.1. The van der Waals surface area contributed by atoms with Gasteiger partial charge in [0, 0.05) is 0 Å². The lowest BCUT2D eigenvalue weighted by Crippen LogP contribution is -2.34. The van der Waals surface area contributed by atoms with Gasteiger partial charge in [-0.1, -0.05) is 12.1 Å². The zero-order chi connectivity index (χ0) is 15.6. The monoisotopic (exact) mass is 347 g/mol. The molecule has 0 spiro atoms. The quantitative estimate of drug-likeness (QED) is 0.785. The van der Waals surface area contributed by atoms with Gasteiger partial charge in [-0.2, -0.15) is 0 Å². The Hall–Kier alpha value is -2.11. The summed E-state index contributed by atoms with van der Waals surface area (Å²) in [4.78, 5) is 0. The van der Waals surface area contributed by atoms with Crippen molar-refractivity contribution in [3.8, 4) is 11.6 Å². The highest BCUT2D eigenvalue weighted by molar-refractivity contribution is 5.86. The van der Waals surface area contributed by atoms with E-state index in [0.29, 0.717) is 5.88 Å². The number of piperidine rings is 1. The standard InChI is InChI=1S/C18H18FN3O.ClH/c19-13-5-7-14(8-6-13)22-17-4-2-1-3-16(17)18(21-22)23-15-9-11-20-12-10-15;/h1-8,15,20H,9-12H2;1H. The van der Waals surface area contributed by atoms with Crippen LogP contribution in [-0.4, -0.2) is 29.0 Å². The van der Waals surface area contributed by atoms with Gasteiger partial charge in [-0.15, -0.1) is 17.5 Å². The molecule has 0 aliphatic carbocycles. The van der Waals surface area contributed by atoms with Crippen molar-refractivity contribution in [3.63, 3.8) is 0 Å². The molecular formula is C18H19ClFN3O. The van der Waals surface area contributed by atoms with Crippen LogP contribution >= 0.6 is 12.4 Å². The van der Waals surface area contributed by atoms with E-state index in [4.69, 9.17) is 4.74 Å². The average Bonchev–Trinajstić information content (AvgIpc) is 2.95. The second-order valence-corrected chi connectivity index (χ2v) is 5.78. The van der Waals surface area contributed by atoms with Crippen molar-refractivity contribution >= 4 is 23.3 Å². The van der Waals surface area contributed by atoms with Gasteiger partial charge in [-0.05, 0) is 62.3 Å². The van der Waals surface area contributed by atoms with Crippen molar-refractivity contribution in [1.82, 2.24) is 15.1 Å². The molecule has 24 heavy (non-hydrogen) atoms. The predicted molar refractivity (Wildman–Crippen MR) is 94.8 cm³/mol. The molecule has 6 heteroatoms. The molecule has 4 rings (SSSR count). The van der Waals surface area contributed by atoms with Gasteiger partial charge in [0.25, 0.3) is 0 Å². The fraction of sp³-hybridized carbons (Fsp3) is 0.278.